The number of nitrogens with zero attached hydrogens (tertiary/aromatic N) is 3. The lowest BCUT2D eigenvalue weighted by Crippen LogP contribution is -2.49. The van der Waals surface area contributed by atoms with E-state index in [1.165, 1.54) is 0 Å². The summed E-state index contributed by atoms with van der Waals surface area (Å²) in [6.07, 6.45) is 3.96. The molecule has 0 bridgehead atoms. The molecule has 2 aliphatic heterocycles. The highest BCUT2D eigenvalue weighted by Gasteiger charge is 2.32. The van der Waals surface area contributed by atoms with E-state index in [0.717, 1.165) is 55.4 Å². The fraction of sp³-hybridized carbons (Fsp3) is 0.579. The van der Waals surface area contributed by atoms with Crippen LogP contribution in [0, 0.1) is 5.92 Å². The highest BCUT2D eigenvalue weighted by atomic mass is 79.9. The monoisotopic (exact) mass is 407 g/mol. The first-order valence-corrected chi connectivity index (χ1v) is 9.87. The second-order valence-electron chi connectivity index (χ2n) is 7.08. The van der Waals surface area contributed by atoms with E-state index in [9.17, 15) is 9.59 Å². The third-order valence-electron chi connectivity index (χ3n) is 5.13. The molecule has 2 saturated heterocycles. The van der Waals surface area contributed by atoms with Crippen molar-refractivity contribution in [2.45, 2.75) is 32.2 Å². The van der Waals surface area contributed by atoms with Crippen LogP contribution in [0.3, 0.4) is 0 Å². The molecule has 6 heteroatoms. The van der Waals surface area contributed by atoms with E-state index in [-0.39, 0.29) is 17.9 Å². The van der Waals surface area contributed by atoms with E-state index in [1.54, 1.807) is 4.90 Å². The van der Waals surface area contributed by atoms with Crippen LogP contribution in [0.1, 0.15) is 31.2 Å². The van der Waals surface area contributed by atoms with Crippen LogP contribution >= 0.6 is 15.9 Å². The maximum Gasteiger partial charge on any atom is 0.320 e. The zero-order valence-corrected chi connectivity index (χ0v) is 16.4. The molecule has 3 rings (SSSR count). The molecule has 2 aliphatic rings. The van der Waals surface area contributed by atoms with Gasteiger partial charge in [-0.25, -0.2) is 4.79 Å². The van der Waals surface area contributed by atoms with Gasteiger partial charge >= 0.3 is 6.03 Å². The normalized spacial score (nSPS) is 20.6. The molecule has 0 spiro atoms. The number of halogens is 1. The number of carbonyl (C=O) groups is 2. The minimum absolute atomic E-state index is 0.0826. The van der Waals surface area contributed by atoms with Crippen LogP contribution < -0.4 is 0 Å². The molecule has 1 aromatic rings. The first kappa shape index (κ1) is 18.2. The topological polar surface area (TPSA) is 43.9 Å². The first-order chi connectivity index (χ1) is 12.0. The number of hydrogen-bond acceptors (Lipinski definition) is 2. The van der Waals surface area contributed by atoms with Gasteiger partial charge in [-0.2, -0.15) is 0 Å². The van der Waals surface area contributed by atoms with Crippen LogP contribution in [-0.2, 0) is 11.3 Å². The van der Waals surface area contributed by atoms with Crippen molar-refractivity contribution in [3.63, 3.8) is 0 Å². The zero-order valence-electron chi connectivity index (χ0n) is 14.8. The van der Waals surface area contributed by atoms with Gasteiger partial charge in [-0.3, -0.25) is 4.79 Å². The van der Waals surface area contributed by atoms with Gasteiger partial charge in [-0.15, -0.1) is 0 Å². The average Bonchev–Trinajstić information content (AvgIpc) is 3.17. The maximum atomic E-state index is 12.8. The van der Waals surface area contributed by atoms with Crippen molar-refractivity contribution < 1.29 is 9.59 Å². The van der Waals surface area contributed by atoms with E-state index < -0.39 is 0 Å². The summed E-state index contributed by atoms with van der Waals surface area (Å²) in [7, 11) is 1.85. The van der Waals surface area contributed by atoms with Gasteiger partial charge in [0.15, 0.2) is 0 Å². The number of likely N-dealkylation sites (tertiary alicyclic amines) is 2. The van der Waals surface area contributed by atoms with E-state index in [1.807, 2.05) is 41.1 Å². The molecule has 3 amide bonds. The summed E-state index contributed by atoms with van der Waals surface area (Å²) in [5.74, 6) is 0.0580. The van der Waals surface area contributed by atoms with E-state index in [0.29, 0.717) is 13.1 Å². The Morgan fingerprint density at radius 2 is 1.72 bits per heavy atom. The van der Waals surface area contributed by atoms with E-state index in [2.05, 4.69) is 15.9 Å². The summed E-state index contributed by atoms with van der Waals surface area (Å²) in [6.45, 7) is 3.64. The first-order valence-electron chi connectivity index (χ1n) is 9.08. The molecule has 0 unspecified atom stereocenters. The molecule has 0 saturated carbocycles. The predicted octanol–water partition coefficient (Wildman–Crippen LogP) is 3.34. The minimum atomic E-state index is -0.0826. The SMILES string of the molecule is CN(Cc1ccc(Br)cc1)C(=O)[C@@H]1CCCN(C(=O)N2CCCC2)C1. The summed E-state index contributed by atoms with van der Waals surface area (Å²) < 4.78 is 1.04. The largest absolute Gasteiger partial charge is 0.341 e. The summed E-state index contributed by atoms with van der Waals surface area (Å²) in [6, 6.07) is 8.15. The summed E-state index contributed by atoms with van der Waals surface area (Å²) in [5.41, 5.74) is 1.11. The second-order valence-corrected chi connectivity index (χ2v) is 8.00. The van der Waals surface area contributed by atoms with Gasteiger partial charge in [0.2, 0.25) is 5.91 Å². The predicted molar refractivity (Wildman–Crippen MR) is 101 cm³/mol. The summed E-state index contributed by atoms with van der Waals surface area (Å²) >= 11 is 3.43. The quantitative estimate of drug-likeness (QED) is 0.770. The summed E-state index contributed by atoms with van der Waals surface area (Å²) in [5, 5.41) is 0. The van der Waals surface area contributed by atoms with Gasteiger partial charge in [-0.05, 0) is 43.4 Å². The number of benzene rings is 1. The average molecular weight is 408 g/mol. The van der Waals surface area contributed by atoms with Crippen molar-refractivity contribution in [3.8, 4) is 0 Å². The number of rotatable bonds is 3. The van der Waals surface area contributed by atoms with Crippen LogP contribution in [0.2, 0.25) is 0 Å². The molecule has 0 radical (unpaired) electrons. The van der Waals surface area contributed by atoms with Crippen molar-refractivity contribution in [2.75, 3.05) is 33.2 Å². The van der Waals surface area contributed by atoms with Crippen molar-refractivity contribution in [1.82, 2.24) is 14.7 Å². The molecule has 0 N–H and O–H groups in total. The van der Waals surface area contributed by atoms with Gasteiger partial charge in [0, 0.05) is 44.2 Å². The molecule has 5 nitrogen and oxygen atoms in total. The van der Waals surface area contributed by atoms with Crippen LogP contribution in [0.4, 0.5) is 4.79 Å². The van der Waals surface area contributed by atoms with E-state index in [4.69, 9.17) is 0 Å². The van der Waals surface area contributed by atoms with Crippen LogP contribution in [0.25, 0.3) is 0 Å². The Morgan fingerprint density at radius 1 is 1.08 bits per heavy atom. The minimum Gasteiger partial charge on any atom is -0.341 e. The van der Waals surface area contributed by atoms with Crippen LogP contribution in [0.5, 0.6) is 0 Å². The lowest BCUT2D eigenvalue weighted by molar-refractivity contribution is -0.136. The standard InChI is InChI=1S/C19H26BrN3O2/c1-21(13-15-6-8-17(20)9-7-15)18(24)16-5-4-12-23(14-16)19(25)22-10-2-3-11-22/h6-9,16H,2-5,10-14H2,1H3/t16-/m1/s1. The van der Waals surface area contributed by atoms with Crippen molar-refractivity contribution in [1.29, 1.82) is 0 Å². The zero-order chi connectivity index (χ0) is 17.8. The fourth-order valence-corrected chi connectivity index (χ4v) is 3.98. The number of amides is 3. The van der Waals surface area contributed by atoms with Gasteiger partial charge in [0.25, 0.3) is 0 Å². The maximum absolute atomic E-state index is 12.8. The van der Waals surface area contributed by atoms with E-state index >= 15 is 0 Å². The Balaban J connectivity index is 1.57. The molecule has 25 heavy (non-hydrogen) atoms. The second kappa shape index (κ2) is 8.21. The van der Waals surface area contributed by atoms with Crippen molar-refractivity contribution in [2.24, 2.45) is 5.92 Å². The van der Waals surface area contributed by atoms with Crippen molar-refractivity contribution >= 4 is 27.9 Å². The Labute approximate surface area is 158 Å². The summed E-state index contributed by atoms with van der Waals surface area (Å²) in [4.78, 5) is 31.0. The van der Waals surface area contributed by atoms with Crippen LogP contribution in [0.15, 0.2) is 28.7 Å². The molecule has 2 heterocycles. The van der Waals surface area contributed by atoms with Gasteiger partial charge in [0.05, 0.1) is 5.92 Å². The third kappa shape index (κ3) is 4.54. The number of hydrogen-bond donors (Lipinski definition) is 0. The van der Waals surface area contributed by atoms with Gasteiger partial charge in [0.1, 0.15) is 0 Å². The lowest BCUT2D eigenvalue weighted by Gasteiger charge is -2.36. The molecular formula is C19H26BrN3O2. The molecular weight excluding hydrogens is 382 g/mol. The molecule has 0 aromatic heterocycles. The smallest absolute Gasteiger partial charge is 0.320 e. The van der Waals surface area contributed by atoms with Crippen LogP contribution in [-0.4, -0.2) is 59.9 Å². The third-order valence-corrected chi connectivity index (χ3v) is 5.66. The Kier molecular flexibility index (Phi) is 5.99. The lowest BCUT2D eigenvalue weighted by atomic mass is 9.96. The number of carbonyl (C=O) groups excluding carboxylic acids is 2. The van der Waals surface area contributed by atoms with Crippen molar-refractivity contribution in [3.05, 3.63) is 34.3 Å². The van der Waals surface area contributed by atoms with Gasteiger partial charge < -0.3 is 14.7 Å². The Hall–Kier alpha value is -1.56. The molecule has 136 valence electrons. The highest BCUT2D eigenvalue weighted by Crippen LogP contribution is 2.22. The Bertz CT molecular complexity index is 614. The van der Waals surface area contributed by atoms with Gasteiger partial charge in [-0.1, -0.05) is 28.1 Å². The molecule has 2 fully saturated rings. The fourth-order valence-electron chi connectivity index (χ4n) is 3.71. The molecule has 1 aromatic carbocycles. The Morgan fingerprint density at radius 3 is 2.40 bits per heavy atom. The number of urea groups is 1. The number of piperidine rings is 1. The molecule has 0 aliphatic carbocycles. The highest BCUT2D eigenvalue weighted by molar-refractivity contribution is 9.10. The molecule has 1 atom stereocenters.